The number of anilines is 1. The average molecular weight is 401 g/mol. The van der Waals surface area contributed by atoms with Crippen molar-refractivity contribution in [1.29, 1.82) is 0 Å². The maximum atomic E-state index is 13.9. The molecule has 0 atom stereocenters. The van der Waals surface area contributed by atoms with Gasteiger partial charge in [0.2, 0.25) is 0 Å². The third kappa shape index (κ3) is 5.60. The van der Waals surface area contributed by atoms with Crippen molar-refractivity contribution < 1.29 is 18.7 Å². The van der Waals surface area contributed by atoms with Crippen LogP contribution < -0.4 is 19.7 Å². The molecule has 156 valence electrons. The molecular formula is C22H28FN3O3. The van der Waals surface area contributed by atoms with E-state index in [0.717, 1.165) is 39.1 Å². The van der Waals surface area contributed by atoms with Gasteiger partial charge in [0.05, 0.1) is 19.9 Å². The molecule has 1 aliphatic rings. The highest BCUT2D eigenvalue weighted by atomic mass is 19.1. The first-order valence-corrected chi connectivity index (χ1v) is 9.84. The first-order chi connectivity index (χ1) is 14.1. The van der Waals surface area contributed by atoms with Crippen molar-refractivity contribution in [3.8, 4) is 11.5 Å². The Labute approximate surface area is 171 Å². The summed E-state index contributed by atoms with van der Waals surface area (Å²) in [4.78, 5) is 16.8. The zero-order valence-electron chi connectivity index (χ0n) is 17.0. The molecule has 29 heavy (non-hydrogen) atoms. The molecule has 0 aliphatic carbocycles. The Morgan fingerprint density at radius 1 is 1.03 bits per heavy atom. The largest absolute Gasteiger partial charge is 0.497 e. The summed E-state index contributed by atoms with van der Waals surface area (Å²) < 4.78 is 24.3. The Bertz CT molecular complexity index is 800. The lowest BCUT2D eigenvalue weighted by molar-refractivity contribution is 0.0950. The van der Waals surface area contributed by atoms with Crippen LogP contribution in [0.5, 0.6) is 11.5 Å². The van der Waals surface area contributed by atoms with E-state index >= 15 is 0 Å². The number of ether oxygens (including phenoxy) is 2. The molecule has 1 fully saturated rings. The normalized spacial score (nSPS) is 14.5. The number of para-hydroxylation sites is 1. The first kappa shape index (κ1) is 20.9. The van der Waals surface area contributed by atoms with Crippen LogP contribution in [-0.4, -0.2) is 64.3 Å². The summed E-state index contributed by atoms with van der Waals surface area (Å²) >= 11 is 0. The van der Waals surface area contributed by atoms with Gasteiger partial charge in [-0.3, -0.25) is 9.69 Å². The quantitative estimate of drug-likeness (QED) is 0.690. The predicted molar refractivity (Wildman–Crippen MR) is 112 cm³/mol. The van der Waals surface area contributed by atoms with Gasteiger partial charge in [0.15, 0.2) is 0 Å². The molecular weight excluding hydrogens is 373 g/mol. The fourth-order valence-electron chi connectivity index (χ4n) is 3.47. The fourth-order valence-corrected chi connectivity index (χ4v) is 3.47. The number of nitrogens with zero attached hydrogens (tertiary/aromatic N) is 2. The van der Waals surface area contributed by atoms with E-state index in [1.807, 2.05) is 12.1 Å². The van der Waals surface area contributed by atoms with E-state index in [-0.39, 0.29) is 11.7 Å². The molecule has 0 unspecified atom stereocenters. The number of hydrogen-bond donors (Lipinski definition) is 1. The maximum absolute atomic E-state index is 13.9. The molecule has 0 radical (unpaired) electrons. The Balaban J connectivity index is 1.40. The number of rotatable bonds is 8. The molecule has 2 aromatic carbocycles. The molecule has 1 saturated heterocycles. The summed E-state index contributed by atoms with van der Waals surface area (Å²) in [5.41, 5.74) is 1.19. The number of halogens is 1. The minimum absolute atomic E-state index is 0.147. The van der Waals surface area contributed by atoms with Crippen LogP contribution in [0.3, 0.4) is 0 Å². The third-order valence-electron chi connectivity index (χ3n) is 5.12. The second kappa shape index (κ2) is 10.1. The van der Waals surface area contributed by atoms with Gasteiger partial charge in [0.25, 0.3) is 5.91 Å². The van der Waals surface area contributed by atoms with Gasteiger partial charge >= 0.3 is 0 Å². The highest BCUT2D eigenvalue weighted by molar-refractivity contribution is 5.95. The molecule has 1 amide bonds. The number of piperazine rings is 1. The second-order valence-electron chi connectivity index (χ2n) is 6.99. The van der Waals surface area contributed by atoms with Crippen molar-refractivity contribution in [2.24, 2.45) is 0 Å². The zero-order valence-corrected chi connectivity index (χ0v) is 17.0. The molecule has 0 bridgehead atoms. The van der Waals surface area contributed by atoms with Crippen molar-refractivity contribution in [3.63, 3.8) is 0 Å². The minimum atomic E-state index is -0.169. The Kier molecular flexibility index (Phi) is 7.30. The average Bonchev–Trinajstić information content (AvgIpc) is 2.77. The van der Waals surface area contributed by atoms with Crippen molar-refractivity contribution >= 4 is 11.6 Å². The Hall–Kier alpha value is -2.80. The van der Waals surface area contributed by atoms with Crippen LogP contribution in [0.1, 0.15) is 16.8 Å². The van der Waals surface area contributed by atoms with E-state index in [1.54, 1.807) is 38.5 Å². The lowest BCUT2D eigenvalue weighted by Gasteiger charge is -2.36. The van der Waals surface area contributed by atoms with Crippen molar-refractivity contribution in [2.75, 3.05) is 58.4 Å². The van der Waals surface area contributed by atoms with Gasteiger partial charge in [0.1, 0.15) is 17.3 Å². The summed E-state index contributed by atoms with van der Waals surface area (Å²) in [6, 6.07) is 12.0. The van der Waals surface area contributed by atoms with E-state index in [1.165, 1.54) is 6.07 Å². The molecule has 6 nitrogen and oxygen atoms in total. The Morgan fingerprint density at radius 3 is 2.31 bits per heavy atom. The van der Waals surface area contributed by atoms with Gasteiger partial charge in [-0.2, -0.15) is 0 Å². The molecule has 0 saturated carbocycles. The van der Waals surface area contributed by atoms with Crippen molar-refractivity contribution in [3.05, 3.63) is 53.8 Å². The van der Waals surface area contributed by atoms with Crippen molar-refractivity contribution in [1.82, 2.24) is 10.2 Å². The second-order valence-corrected chi connectivity index (χ2v) is 6.99. The summed E-state index contributed by atoms with van der Waals surface area (Å²) in [6.07, 6.45) is 0.854. The smallest absolute Gasteiger partial charge is 0.251 e. The fraction of sp³-hybridized carbons (Fsp3) is 0.409. The molecule has 1 aliphatic heterocycles. The third-order valence-corrected chi connectivity index (χ3v) is 5.12. The summed E-state index contributed by atoms with van der Waals surface area (Å²) in [5.74, 6) is 0.855. The van der Waals surface area contributed by atoms with E-state index < -0.39 is 0 Å². The van der Waals surface area contributed by atoms with Crippen LogP contribution in [0.15, 0.2) is 42.5 Å². The zero-order chi connectivity index (χ0) is 20.6. The molecule has 1 heterocycles. The standard InChI is InChI=1S/C22H28FN3O3/c1-28-18-14-17(15-19(16-18)29-2)22(27)24-8-5-9-25-10-12-26(13-11-25)21-7-4-3-6-20(21)23/h3-4,6-7,14-16H,5,8-13H2,1-2H3,(H,24,27). The van der Waals surface area contributed by atoms with Gasteiger partial charge in [-0.1, -0.05) is 12.1 Å². The van der Waals surface area contributed by atoms with Crippen LogP contribution >= 0.6 is 0 Å². The lowest BCUT2D eigenvalue weighted by atomic mass is 10.2. The van der Waals surface area contributed by atoms with Gasteiger partial charge < -0.3 is 19.7 Å². The van der Waals surface area contributed by atoms with Crippen LogP contribution in [0.4, 0.5) is 10.1 Å². The number of carbonyl (C=O) groups is 1. The molecule has 3 rings (SSSR count). The molecule has 1 N–H and O–H groups in total. The van der Waals surface area contributed by atoms with Crippen LogP contribution in [-0.2, 0) is 0 Å². The topological polar surface area (TPSA) is 54.0 Å². The van der Waals surface area contributed by atoms with Crippen molar-refractivity contribution in [2.45, 2.75) is 6.42 Å². The van der Waals surface area contributed by atoms with Gasteiger partial charge in [-0.05, 0) is 37.2 Å². The number of benzene rings is 2. The van der Waals surface area contributed by atoms with Crippen LogP contribution in [0.25, 0.3) is 0 Å². The van der Waals surface area contributed by atoms with Crippen LogP contribution in [0.2, 0.25) is 0 Å². The van der Waals surface area contributed by atoms with Crippen LogP contribution in [0, 0.1) is 5.82 Å². The predicted octanol–water partition coefficient (Wildman–Crippen LogP) is 2.79. The number of amides is 1. The summed E-state index contributed by atoms with van der Waals surface area (Å²) in [5, 5.41) is 2.95. The number of carbonyl (C=O) groups excluding carboxylic acids is 1. The number of nitrogens with one attached hydrogen (secondary N) is 1. The highest BCUT2D eigenvalue weighted by Gasteiger charge is 2.19. The molecule has 7 heteroatoms. The lowest BCUT2D eigenvalue weighted by Crippen LogP contribution is -2.47. The molecule has 0 aromatic heterocycles. The Morgan fingerprint density at radius 2 is 1.69 bits per heavy atom. The number of methoxy groups -OCH3 is 2. The highest BCUT2D eigenvalue weighted by Crippen LogP contribution is 2.22. The van der Waals surface area contributed by atoms with Gasteiger partial charge in [-0.15, -0.1) is 0 Å². The first-order valence-electron chi connectivity index (χ1n) is 9.84. The minimum Gasteiger partial charge on any atom is -0.497 e. The van der Waals surface area contributed by atoms with E-state index in [9.17, 15) is 9.18 Å². The maximum Gasteiger partial charge on any atom is 0.251 e. The van der Waals surface area contributed by atoms with Gasteiger partial charge in [-0.25, -0.2) is 4.39 Å². The van der Waals surface area contributed by atoms with Gasteiger partial charge in [0, 0.05) is 44.4 Å². The number of hydrogen-bond acceptors (Lipinski definition) is 5. The van der Waals surface area contributed by atoms with E-state index in [4.69, 9.17) is 9.47 Å². The summed E-state index contributed by atoms with van der Waals surface area (Å²) in [6.45, 7) is 4.86. The van der Waals surface area contributed by atoms with E-state index in [0.29, 0.717) is 29.3 Å². The summed E-state index contributed by atoms with van der Waals surface area (Å²) in [7, 11) is 3.12. The molecule has 0 spiro atoms. The van der Waals surface area contributed by atoms with E-state index in [2.05, 4.69) is 15.1 Å². The molecule has 2 aromatic rings. The SMILES string of the molecule is COc1cc(OC)cc(C(=O)NCCCN2CCN(c3ccccc3F)CC2)c1. The monoisotopic (exact) mass is 401 g/mol.